The first kappa shape index (κ1) is 19.1. The highest BCUT2D eigenvalue weighted by atomic mass is 16.2. The first-order valence-corrected chi connectivity index (χ1v) is 8.78. The van der Waals surface area contributed by atoms with E-state index in [0.29, 0.717) is 29.8 Å². The second kappa shape index (κ2) is 7.35. The minimum Gasteiger partial charge on any atom is -0.345 e. The van der Waals surface area contributed by atoms with Crippen LogP contribution in [0, 0.1) is 5.92 Å². The second-order valence-electron chi connectivity index (χ2n) is 7.11. The van der Waals surface area contributed by atoms with Crippen molar-refractivity contribution >= 4 is 17.7 Å². The van der Waals surface area contributed by atoms with E-state index >= 15 is 0 Å². The lowest BCUT2D eigenvalue weighted by molar-refractivity contribution is 0.0652. The lowest BCUT2D eigenvalue weighted by Crippen LogP contribution is -2.55. The predicted octanol–water partition coefficient (Wildman–Crippen LogP) is 2.19. The Morgan fingerprint density at radius 3 is 2.44 bits per heavy atom. The summed E-state index contributed by atoms with van der Waals surface area (Å²) in [6, 6.07) is 4.65. The van der Waals surface area contributed by atoms with E-state index in [9.17, 15) is 14.4 Å². The van der Waals surface area contributed by atoms with Crippen LogP contribution in [-0.2, 0) is 0 Å². The van der Waals surface area contributed by atoms with Crippen molar-refractivity contribution in [2.24, 2.45) is 11.7 Å². The molecule has 25 heavy (non-hydrogen) atoms. The number of hydrogen-bond acceptors (Lipinski definition) is 4. The predicted molar refractivity (Wildman–Crippen MR) is 96.5 cm³/mol. The summed E-state index contributed by atoms with van der Waals surface area (Å²) in [6.45, 7) is 8.59. The lowest BCUT2D eigenvalue weighted by Gasteiger charge is -2.33. The molecule has 3 amide bonds. The molecule has 136 valence electrons. The Labute approximate surface area is 148 Å². The Hall–Kier alpha value is -2.21. The Bertz CT molecular complexity index is 699. The quantitative estimate of drug-likeness (QED) is 0.741. The molecule has 0 aromatic heterocycles. The SMILES string of the molecule is CCCCN1C(=O)c2ccc(C(=O)NC(C)(CN)C(C)C)cc2C1=O. The number of rotatable bonds is 7. The van der Waals surface area contributed by atoms with E-state index in [1.165, 1.54) is 11.0 Å². The van der Waals surface area contributed by atoms with Crippen molar-refractivity contribution in [1.82, 2.24) is 10.2 Å². The van der Waals surface area contributed by atoms with Crippen LogP contribution in [0.4, 0.5) is 0 Å². The van der Waals surface area contributed by atoms with Crippen molar-refractivity contribution in [3.05, 3.63) is 34.9 Å². The fraction of sp³-hybridized carbons (Fsp3) is 0.526. The fourth-order valence-electron chi connectivity index (χ4n) is 2.71. The minimum absolute atomic E-state index is 0.156. The average Bonchev–Trinajstić information content (AvgIpc) is 2.83. The summed E-state index contributed by atoms with van der Waals surface area (Å²) in [5, 5.41) is 2.95. The first-order chi connectivity index (χ1) is 11.7. The maximum absolute atomic E-state index is 12.6. The molecule has 0 saturated carbocycles. The third kappa shape index (κ3) is 3.58. The molecule has 1 heterocycles. The molecule has 0 bridgehead atoms. The van der Waals surface area contributed by atoms with Gasteiger partial charge in [-0.2, -0.15) is 0 Å². The van der Waals surface area contributed by atoms with Crippen LogP contribution in [0.1, 0.15) is 71.6 Å². The molecule has 1 aromatic rings. The fourth-order valence-corrected chi connectivity index (χ4v) is 2.71. The van der Waals surface area contributed by atoms with Gasteiger partial charge in [-0.3, -0.25) is 19.3 Å². The molecule has 6 nitrogen and oxygen atoms in total. The van der Waals surface area contributed by atoms with Crippen LogP contribution >= 0.6 is 0 Å². The third-order valence-electron chi connectivity index (χ3n) is 5.07. The summed E-state index contributed by atoms with van der Waals surface area (Å²) in [5.41, 5.74) is 6.29. The Balaban J connectivity index is 2.26. The van der Waals surface area contributed by atoms with Crippen LogP contribution in [0.15, 0.2) is 18.2 Å². The van der Waals surface area contributed by atoms with Gasteiger partial charge >= 0.3 is 0 Å². The third-order valence-corrected chi connectivity index (χ3v) is 5.07. The summed E-state index contributed by atoms with van der Waals surface area (Å²) >= 11 is 0. The highest BCUT2D eigenvalue weighted by molar-refractivity contribution is 6.22. The number of nitrogens with two attached hydrogens (primary N) is 1. The Kier molecular flexibility index (Phi) is 5.62. The molecular weight excluding hydrogens is 318 g/mol. The molecule has 1 atom stereocenters. The maximum atomic E-state index is 12.6. The standard InChI is InChI=1S/C19H27N3O3/c1-5-6-9-22-17(24)14-8-7-13(10-15(14)18(22)25)16(23)21-19(4,11-20)12(2)3/h7-8,10,12H,5-6,9,11,20H2,1-4H3,(H,21,23). The van der Waals surface area contributed by atoms with Gasteiger partial charge in [0.15, 0.2) is 0 Å². The molecule has 0 radical (unpaired) electrons. The summed E-state index contributed by atoms with van der Waals surface area (Å²) in [4.78, 5) is 38.7. The summed E-state index contributed by atoms with van der Waals surface area (Å²) in [6.07, 6.45) is 1.66. The topological polar surface area (TPSA) is 92.5 Å². The van der Waals surface area contributed by atoms with E-state index in [1.54, 1.807) is 12.1 Å². The zero-order chi connectivity index (χ0) is 18.8. The van der Waals surface area contributed by atoms with Crippen LogP contribution in [0.25, 0.3) is 0 Å². The van der Waals surface area contributed by atoms with Crippen LogP contribution in [0.5, 0.6) is 0 Å². The van der Waals surface area contributed by atoms with E-state index in [0.717, 1.165) is 12.8 Å². The number of imide groups is 1. The smallest absolute Gasteiger partial charge is 0.261 e. The van der Waals surface area contributed by atoms with Gasteiger partial charge in [0.05, 0.1) is 16.7 Å². The van der Waals surface area contributed by atoms with E-state index in [2.05, 4.69) is 5.32 Å². The first-order valence-electron chi connectivity index (χ1n) is 8.78. The minimum atomic E-state index is -0.539. The van der Waals surface area contributed by atoms with Gasteiger partial charge in [-0.05, 0) is 37.5 Å². The van der Waals surface area contributed by atoms with E-state index in [1.807, 2.05) is 27.7 Å². The van der Waals surface area contributed by atoms with Crippen molar-refractivity contribution in [2.75, 3.05) is 13.1 Å². The van der Waals surface area contributed by atoms with Gasteiger partial charge in [0.1, 0.15) is 0 Å². The molecule has 6 heteroatoms. The van der Waals surface area contributed by atoms with Crippen LogP contribution in [0.3, 0.4) is 0 Å². The highest BCUT2D eigenvalue weighted by Gasteiger charge is 2.36. The highest BCUT2D eigenvalue weighted by Crippen LogP contribution is 2.25. The number of hydrogen-bond donors (Lipinski definition) is 2. The van der Waals surface area contributed by atoms with Gasteiger partial charge in [-0.15, -0.1) is 0 Å². The monoisotopic (exact) mass is 345 g/mol. The van der Waals surface area contributed by atoms with Crippen molar-refractivity contribution in [3.63, 3.8) is 0 Å². The summed E-state index contributed by atoms with van der Waals surface area (Å²) < 4.78 is 0. The van der Waals surface area contributed by atoms with Gasteiger partial charge in [-0.25, -0.2) is 0 Å². The molecule has 0 fully saturated rings. The molecule has 1 aliphatic rings. The van der Waals surface area contributed by atoms with Crippen molar-refractivity contribution in [2.45, 2.75) is 46.1 Å². The molecular formula is C19H27N3O3. The number of fused-ring (bicyclic) bond motifs is 1. The molecule has 1 unspecified atom stereocenters. The van der Waals surface area contributed by atoms with E-state index in [4.69, 9.17) is 5.73 Å². The van der Waals surface area contributed by atoms with Crippen molar-refractivity contribution in [1.29, 1.82) is 0 Å². The number of benzene rings is 1. The molecule has 0 aliphatic carbocycles. The number of unbranched alkanes of at least 4 members (excludes halogenated alkanes) is 1. The largest absolute Gasteiger partial charge is 0.345 e. The van der Waals surface area contributed by atoms with Gasteiger partial charge < -0.3 is 11.1 Å². The molecule has 0 saturated heterocycles. The lowest BCUT2D eigenvalue weighted by atomic mass is 9.88. The summed E-state index contributed by atoms with van der Waals surface area (Å²) in [5.74, 6) is -0.747. The van der Waals surface area contributed by atoms with Crippen LogP contribution in [0.2, 0.25) is 0 Å². The van der Waals surface area contributed by atoms with E-state index < -0.39 is 5.54 Å². The van der Waals surface area contributed by atoms with Crippen molar-refractivity contribution in [3.8, 4) is 0 Å². The molecule has 0 spiro atoms. The van der Waals surface area contributed by atoms with Crippen molar-refractivity contribution < 1.29 is 14.4 Å². The molecule has 3 N–H and O–H groups in total. The number of nitrogens with zero attached hydrogens (tertiary/aromatic N) is 1. The number of amides is 3. The molecule has 1 aliphatic heterocycles. The van der Waals surface area contributed by atoms with E-state index in [-0.39, 0.29) is 23.6 Å². The summed E-state index contributed by atoms with van der Waals surface area (Å²) in [7, 11) is 0. The van der Waals surface area contributed by atoms with Crippen LogP contribution in [-0.4, -0.2) is 41.2 Å². The van der Waals surface area contributed by atoms with Gasteiger partial charge in [0, 0.05) is 18.7 Å². The maximum Gasteiger partial charge on any atom is 0.261 e. The number of carbonyl (C=O) groups is 3. The van der Waals surface area contributed by atoms with Crippen LogP contribution < -0.4 is 11.1 Å². The Morgan fingerprint density at radius 1 is 1.24 bits per heavy atom. The molecule has 2 rings (SSSR count). The van der Waals surface area contributed by atoms with Gasteiger partial charge in [0.2, 0.25) is 0 Å². The van der Waals surface area contributed by atoms with Gasteiger partial charge in [0.25, 0.3) is 17.7 Å². The zero-order valence-corrected chi connectivity index (χ0v) is 15.4. The second-order valence-corrected chi connectivity index (χ2v) is 7.11. The number of carbonyl (C=O) groups excluding carboxylic acids is 3. The number of nitrogens with one attached hydrogen (secondary N) is 1. The normalized spacial score (nSPS) is 16.2. The zero-order valence-electron chi connectivity index (χ0n) is 15.4. The Morgan fingerprint density at radius 2 is 1.88 bits per heavy atom. The average molecular weight is 345 g/mol. The molecule has 1 aromatic carbocycles. The van der Waals surface area contributed by atoms with Gasteiger partial charge in [-0.1, -0.05) is 27.2 Å².